The molecule has 20 heavy (non-hydrogen) atoms. The minimum absolute atomic E-state index is 0.0585. The number of ether oxygens (including phenoxy) is 1. The van der Waals surface area contributed by atoms with Crippen LogP contribution in [0.4, 0.5) is 0 Å². The van der Waals surface area contributed by atoms with Crippen LogP contribution in [0.15, 0.2) is 0 Å². The van der Waals surface area contributed by atoms with Crippen LogP contribution in [0.5, 0.6) is 0 Å². The molecule has 1 fully saturated rings. The number of hydrogen-bond donors (Lipinski definition) is 1. The molecular formula is C14H24N2O3S. The highest BCUT2D eigenvalue weighted by atomic mass is 32.1. The second-order valence-electron chi connectivity index (χ2n) is 5.33. The lowest BCUT2D eigenvalue weighted by Gasteiger charge is -2.33. The standard InChI is InChI=1S/C14H24N2O3S/c1-3-19-11(17)10-16(2)13(18)14(12(15)20)8-6-4-5-7-9-14/h3-10H2,1-2H3,(H2,15,20). The highest BCUT2D eigenvalue weighted by Gasteiger charge is 2.43. The number of carbonyl (C=O) groups excluding carboxylic acids is 2. The Morgan fingerprint density at radius 3 is 2.25 bits per heavy atom. The van der Waals surface area contributed by atoms with Gasteiger partial charge in [-0.2, -0.15) is 0 Å². The Morgan fingerprint density at radius 1 is 1.25 bits per heavy atom. The lowest BCUT2D eigenvalue weighted by molar-refractivity contribution is -0.150. The van der Waals surface area contributed by atoms with Crippen molar-refractivity contribution in [2.24, 2.45) is 11.1 Å². The molecule has 0 aromatic heterocycles. The van der Waals surface area contributed by atoms with Crippen molar-refractivity contribution in [2.75, 3.05) is 20.2 Å². The van der Waals surface area contributed by atoms with Gasteiger partial charge in [0.2, 0.25) is 5.91 Å². The summed E-state index contributed by atoms with van der Waals surface area (Å²) in [7, 11) is 1.60. The van der Waals surface area contributed by atoms with Crippen LogP contribution in [0, 0.1) is 5.41 Å². The van der Waals surface area contributed by atoms with Gasteiger partial charge in [-0.1, -0.05) is 37.9 Å². The van der Waals surface area contributed by atoms with E-state index in [2.05, 4.69) is 0 Å². The zero-order valence-electron chi connectivity index (χ0n) is 12.3. The van der Waals surface area contributed by atoms with Gasteiger partial charge in [-0.05, 0) is 19.8 Å². The molecule has 0 aromatic carbocycles. The first-order valence-corrected chi connectivity index (χ1v) is 7.56. The summed E-state index contributed by atoms with van der Waals surface area (Å²) in [5.41, 5.74) is 5.08. The molecule has 5 nitrogen and oxygen atoms in total. The topological polar surface area (TPSA) is 72.6 Å². The molecule has 1 saturated carbocycles. The largest absolute Gasteiger partial charge is 0.465 e. The number of amides is 1. The van der Waals surface area contributed by atoms with Gasteiger partial charge in [-0.3, -0.25) is 9.59 Å². The van der Waals surface area contributed by atoms with Crippen molar-refractivity contribution in [3.63, 3.8) is 0 Å². The number of likely N-dealkylation sites (N-methyl/N-ethyl adjacent to an activating group) is 1. The number of nitrogens with two attached hydrogens (primary N) is 1. The van der Waals surface area contributed by atoms with Crippen LogP contribution in [-0.4, -0.2) is 42.0 Å². The Morgan fingerprint density at radius 2 is 1.80 bits per heavy atom. The molecule has 114 valence electrons. The smallest absolute Gasteiger partial charge is 0.325 e. The molecule has 6 heteroatoms. The molecular weight excluding hydrogens is 276 g/mol. The first-order valence-electron chi connectivity index (χ1n) is 7.15. The lowest BCUT2D eigenvalue weighted by Crippen LogP contribution is -2.50. The maximum Gasteiger partial charge on any atom is 0.325 e. The molecule has 2 N–H and O–H groups in total. The molecule has 0 radical (unpaired) electrons. The molecule has 0 aliphatic heterocycles. The highest BCUT2D eigenvalue weighted by molar-refractivity contribution is 7.80. The summed E-state index contributed by atoms with van der Waals surface area (Å²) in [6, 6.07) is 0. The minimum Gasteiger partial charge on any atom is -0.465 e. The van der Waals surface area contributed by atoms with Crippen molar-refractivity contribution in [3.8, 4) is 0 Å². The fourth-order valence-corrected chi connectivity index (χ4v) is 3.03. The highest BCUT2D eigenvalue weighted by Crippen LogP contribution is 2.37. The fraction of sp³-hybridized carbons (Fsp3) is 0.786. The predicted octanol–water partition coefficient (Wildman–Crippen LogP) is 1.63. The quantitative estimate of drug-likeness (QED) is 0.475. The number of carbonyl (C=O) groups is 2. The van der Waals surface area contributed by atoms with E-state index >= 15 is 0 Å². The average Bonchev–Trinajstić information content (AvgIpc) is 2.64. The molecule has 0 unspecified atom stereocenters. The number of nitrogens with zero attached hydrogens (tertiary/aromatic N) is 1. The van der Waals surface area contributed by atoms with Crippen LogP contribution >= 0.6 is 12.2 Å². The van der Waals surface area contributed by atoms with E-state index in [0.29, 0.717) is 19.4 Å². The summed E-state index contributed by atoms with van der Waals surface area (Å²) in [6.07, 6.45) is 5.42. The van der Waals surface area contributed by atoms with Crippen molar-refractivity contribution >= 4 is 29.1 Å². The van der Waals surface area contributed by atoms with Gasteiger partial charge in [0.05, 0.1) is 17.0 Å². The molecule has 0 bridgehead atoms. The second-order valence-corrected chi connectivity index (χ2v) is 5.77. The zero-order valence-corrected chi connectivity index (χ0v) is 13.1. The Bertz CT molecular complexity index is 377. The van der Waals surface area contributed by atoms with Crippen molar-refractivity contribution in [1.82, 2.24) is 4.90 Å². The molecule has 1 aliphatic rings. The van der Waals surface area contributed by atoms with E-state index in [4.69, 9.17) is 22.7 Å². The third-order valence-electron chi connectivity index (χ3n) is 3.86. The van der Waals surface area contributed by atoms with Crippen LogP contribution in [0.1, 0.15) is 45.4 Å². The summed E-state index contributed by atoms with van der Waals surface area (Å²) >= 11 is 5.16. The van der Waals surface area contributed by atoms with E-state index in [0.717, 1.165) is 25.7 Å². The van der Waals surface area contributed by atoms with E-state index in [-0.39, 0.29) is 17.4 Å². The maximum absolute atomic E-state index is 12.7. The molecule has 0 aromatic rings. The fourth-order valence-electron chi connectivity index (χ4n) is 2.74. The Balaban J connectivity index is 2.82. The van der Waals surface area contributed by atoms with Gasteiger partial charge < -0.3 is 15.4 Å². The Labute approximate surface area is 125 Å². The van der Waals surface area contributed by atoms with E-state index in [1.807, 2.05) is 0 Å². The average molecular weight is 300 g/mol. The summed E-state index contributed by atoms with van der Waals surface area (Å²) in [5.74, 6) is -0.560. The van der Waals surface area contributed by atoms with Gasteiger partial charge in [0.1, 0.15) is 6.54 Å². The van der Waals surface area contributed by atoms with Gasteiger partial charge in [0, 0.05) is 7.05 Å². The number of esters is 1. The van der Waals surface area contributed by atoms with Crippen molar-refractivity contribution in [3.05, 3.63) is 0 Å². The zero-order chi connectivity index (χ0) is 15.2. The van der Waals surface area contributed by atoms with Crippen LogP contribution in [0.3, 0.4) is 0 Å². The minimum atomic E-state index is -0.785. The van der Waals surface area contributed by atoms with Gasteiger partial charge in [-0.25, -0.2) is 0 Å². The Hall–Kier alpha value is -1.17. The van der Waals surface area contributed by atoms with Crippen LogP contribution < -0.4 is 5.73 Å². The van der Waals surface area contributed by atoms with Crippen LogP contribution in [0.2, 0.25) is 0 Å². The summed E-state index contributed by atoms with van der Waals surface area (Å²) in [5, 5.41) is 0. The monoisotopic (exact) mass is 300 g/mol. The molecule has 0 heterocycles. The van der Waals surface area contributed by atoms with Crippen LogP contribution in [-0.2, 0) is 14.3 Å². The van der Waals surface area contributed by atoms with Gasteiger partial charge >= 0.3 is 5.97 Å². The third-order valence-corrected chi connectivity index (χ3v) is 4.25. The predicted molar refractivity (Wildman–Crippen MR) is 81.2 cm³/mol. The normalized spacial score (nSPS) is 17.9. The second kappa shape index (κ2) is 7.57. The van der Waals surface area contributed by atoms with Crippen molar-refractivity contribution in [2.45, 2.75) is 45.4 Å². The van der Waals surface area contributed by atoms with Crippen LogP contribution in [0.25, 0.3) is 0 Å². The van der Waals surface area contributed by atoms with E-state index < -0.39 is 11.4 Å². The number of thiocarbonyl (C=S) groups is 1. The maximum atomic E-state index is 12.7. The molecule has 1 aliphatic carbocycles. The summed E-state index contributed by atoms with van der Waals surface area (Å²) in [6.45, 7) is 1.99. The lowest BCUT2D eigenvalue weighted by atomic mass is 9.79. The van der Waals surface area contributed by atoms with Gasteiger partial charge in [-0.15, -0.1) is 0 Å². The summed E-state index contributed by atoms with van der Waals surface area (Å²) in [4.78, 5) is 25.8. The molecule has 0 saturated heterocycles. The number of rotatable bonds is 5. The van der Waals surface area contributed by atoms with E-state index in [9.17, 15) is 9.59 Å². The first kappa shape index (κ1) is 16.9. The van der Waals surface area contributed by atoms with Gasteiger partial charge in [0.15, 0.2) is 0 Å². The first-order chi connectivity index (χ1) is 9.44. The van der Waals surface area contributed by atoms with E-state index in [1.165, 1.54) is 4.90 Å². The molecule has 1 rings (SSSR count). The molecule has 0 spiro atoms. The molecule has 0 atom stereocenters. The molecule has 1 amide bonds. The van der Waals surface area contributed by atoms with Gasteiger partial charge in [0.25, 0.3) is 0 Å². The SMILES string of the molecule is CCOC(=O)CN(C)C(=O)C1(C(N)=S)CCCCCC1. The number of hydrogen-bond acceptors (Lipinski definition) is 4. The van der Waals surface area contributed by atoms with E-state index in [1.54, 1.807) is 14.0 Å². The van der Waals surface area contributed by atoms with Crippen molar-refractivity contribution in [1.29, 1.82) is 0 Å². The summed E-state index contributed by atoms with van der Waals surface area (Å²) < 4.78 is 4.87. The third kappa shape index (κ3) is 3.91. The van der Waals surface area contributed by atoms with Crippen molar-refractivity contribution < 1.29 is 14.3 Å². The Kier molecular flexibility index (Phi) is 6.39.